The molecule has 3 nitrogen and oxygen atoms in total. The molecular formula is C12H22O3. The van der Waals surface area contributed by atoms with E-state index in [4.69, 9.17) is 15.0 Å². The van der Waals surface area contributed by atoms with E-state index in [1.165, 1.54) is 12.8 Å². The normalized spacial score (nSPS) is 9.47. The van der Waals surface area contributed by atoms with Crippen LogP contribution < -0.4 is 0 Å². The molecule has 0 aromatic rings. The lowest BCUT2D eigenvalue weighted by Gasteiger charge is -1.94. The number of carboxylic acid groups (broad SMARTS) is 1. The quantitative estimate of drug-likeness (QED) is 0.506. The topological polar surface area (TPSA) is 57.5 Å². The monoisotopic (exact) mass is 214 g/mol. The van der Waals surface area contributed by atoms with Gasteiger partial charge in [0.1, 0.15) is 0 Å². The van der Waals surface area contributed by atoms with Crippen LogP contribution in [0.2, 0.25) is 0 Å². The van der Waals surface area contributed by atoms with Crippen LogP contribution in [0.25, 0.3) is 0 Å². The number of carboxylic acids is 1. The van der Waals surface area contributed by atoms with Gasteiger partial charge in [-0.3, -0.25) is 4.79 Å². The lowest BCUT2D eigenvalue weighted by molar-refractivity contribution is -0.134. The zero-order chi connectivity index (χ0) is 11.9. The molecule has 0 unspecified atom stereocenters. The van der Waals surface area contributed by atoms with Crippen molar-refractivity contribution in [3.63, 3.8) is 0 Å². The summed E-state index contributed by atoms with van der Waals surface area (Å²) in [4.78, 5) is 9.00. The largest absolute Gasteiger partial charge is 0.481 e. The molecule has 0 saturated heterocycles. The molecule has 0 saturated carbocycles. The minimum atomic E-state index is -0.833. The second kappa shape index (κ2) is 15.4. The first-order valence-corrected chi connectivity index (χ1v) is 5.23. The summed E-state index contributed by atoms with van der Waals surface area (Å²) < 4.78 is 0. The number of unbranched alkanes of at least 4 members (excludes halogenated alkanes) is 4. The van der Waals surface area contributed by atoms with Crippen LogP contribution in [0.4, 0.5) is 0 Å². The Labute approximate surface area is 92.1 Å². The second-order valence-electron chi connectivity index (χ2n) is 3.11. The summed E-state index contributed by atoms with van der Waals surface area (Å²) in [6.07, 6.45) is 11.6. The zero-order valence-electron chi connectivity index (χ0n) is 9.48. The van der Waals surface area contributed by atoms with E-state index in [0.717, 1.165) is 26.2 Å². The Balaban J connectivity index is 0. The van der Waals surface area contributed by atoms with Gasteiger partial charge in [-0.2, -0.15) is 0 Å². The van der Waals surface area contributed by atoms with Gasteiger partial charge in [-0.15, -0.1) is 0 Å². The molecule has 0 spiro atoms. The molecule has 0 rings (SSSR count). The molecule has 0 bridgehead atoms. The van der Waals surface area contributed by atoms with Crippen LogP contribution >= 0.6 is 0 Å². The van der Waals surface area contributed by atoms with E-state index >= 15 is 0 Å². The van der Waals surface area contributed by atoms with Crippen LogP contribution in [0.5, 0.6) is 0 Å². The maximum atomic E-state index is 9.00. The molecule has 0 amide bonds. The molecule has 0 aliphatic rings. The molecular weight excluding hydrogens is 192 g/mol. The van der Waals surface area contributed by atoms with Crippen molar-refractivity contribution in [2.24, 2.45) is 0 Å². The fourth-order valence-electron chi connectivity index (χ4n) is 0.920. The summed E-state index contributed by atoms with van der Waals surface area (Å²) in [7, 11) is 0. The van der Waals surface area contributed by atoms with Crippen molar-refractivity contribution < 1.29 is 15.0 Å². The second-order valence-corrected chi connectivity index (χ2v) is 3.11. The van der Waals surface area contributed by atoms with Crippen LogP contribution in [0.1, 0.15) is 39.0 Å². The molecule has 3 heteroatoms. The highest BCUT2D eigenvalue weighted by atomic mass is 16.4. The standard InChI is InChI=1S/C10H18O.C2H4O2/c1-2-3-4-5-6-7-8-9-10-11;1-2(3)4/h2-4,11H,1,5-10H2;1H3,(H,3,4). The molecule has 0 fully saturated rings. The van der Waals surface area contributed by atoms with Crippen molar-refractivity contribution >= 4 is 5.97 Å². The fraction of sp³-hybridized carbons (Fsp3) is 0.583. The highest BCUT2D eigenvalue weighted by Crippen LogP contribution is 2.02. The van der Waals surface area contributed by atoms with E-state index in [-0.39, 0.29) is 0 Å². The lowest BCUT2D eigenvalue weighted by atomic mass is 10.1. The predicted octanol–water partition coefficient (Wildman–Crippen LogP) is 2.76. The Hall–Kier alpha value is -1.09. The van der Waals surface area contributed by atoms with Gasteiger partial charge >= 0.3 is 0 Å². The molecule has 15 heavy (non-hydrogen) atoms. The molecule has 2 N–H and O–H groups in total. The van der Waals surface area contributed by atoms with E-state index in [9.17, 15) is 0 Å². The summed E-state index contributed by atoms with van der Waals surface area (Å²) in [5.41, 5.74) is 0. The van der Waals surface area contributed by atoms with E-state index in [2.05, 4.69) is 12.7 Å². The van der Waals surface area contributed by atoms with Gasteiger partial charge in [0.25, 0.3) is 5.97 Å². The van der Waals surface area contributed by atoms with Gasteiger partial charge in [0.05, 0.1) is 0 Å². The summed E-state index contributed by atoms with van der Waals surface area (Å²) >= 11 is 0. The average molecular weight is 214 g/mol. The number of aliphatic carboxylic acids is 1. The van der Waals surface area contributed by atoms with Crippen LogP contribution in [-0.2, 0) is 4.79 Å². The van der Waals surface area contributed by atoms with Gasteiger partial charge in [0, 0.05) is 13.5 Å². The Kier molecular flexibility index (Phi) is 16.8. The van der Waals surface area contributed by atoms with Crippen molar-refractivity contribution in [1.29, 1.82) is 0 Å². The van der Waals surface area contributed by atoms with Gasteiger partial charge in [-0.1, -0.05) is 37.6 Å². The smallest absolute Gasteiger partial charge is 0.300 e. The van der Waals surface area contributed by atoms with E-state index in [0.29, 0.717) is 6.61 Å². The third kappa shape index (κ3) is 32.2. The number of hydrogen-bond acceptors (Lipinski definition) is 2. The predicted molar refractivity (Wildman–Crippen MR) is 62.8 cm³/mol. The maximum absolute atomic E-state index is 9.00. The van der Waals surface area contributed by atoms with Gasteiger partial charge < -0.3 is 10.2 Å². The van der Waals surface area contributed by atoms with E-state index in [1.54, 1.807) is 6.08 Å². The van der Waals surface area contributed by atoms with Crippen molar-refractivity contribution in [2.75, 3.05) is 6.61 Å². The molecule has 0 heterocycles. The zero-order valence-corrected chi connectivity index (χ0v) is 9.48. The van der Waals surface area contributed by atoms with Gasteiger partial charge in [-0.25, -0.2) is 0 Å². The summed E-state index contributed by atoms with van der Waals surface area (Å²) in [5, 5.41) is 15.9. The number of hydrogen-bond donors (Lipinski definition) is 2. The van der Waals surface area contributed by atoms with Crippen molar-refractivity contribution in [1.82, 2.24) is 0 Å². The number of carbonyl (C=O) groups is 1. The average Bonchev–Trinajstić information content (AvgIpc) is 2.16. The first kappa shape index (κ1) is 16.3. The summed E-state index contributed by atoms with van der Waals surface area (Å²) in [6, 6.07) is 0. The third-order valence-corrected chi connectivity index (χ3v) is 1.55. The Morgan fingerprint density at radius 1 is 1.27 bits per heavy atom. The fourth-order valence-corrected chi connectivity index (χ4v) is 0.920. The number of allylic oxidation sites excluding steroid dienone is 3. The van der Waals surface area contributed by atoms with Crippen LogP contribution in [0.15, 0.2) is 24.8 Å². The maximum Gasteiger partial charge on any atom is 0.300 e. The molecule has 0 aromatic heterocycles. The Bertz CT molecular complexity index is 170. The molecule has 88 valence electrons. The number of aliphatic hydroxyl groups is 1. The lowest BCUT2D eigenvalue weighted by Crippen LogP contribution is -1.82. The van der Waals surface area contributed by atoms with E-state index in [1.807, 2.05) is 6.08 Å². The summed E-state index contributed by atoms with van der Waals surface area (Å²) in [5.74, 6) is -0.833. The molecule has 0 radical (unpaired) electrons. The van der Waals surface area contributed by atoms with Crippen LogP contribution in [0, 0.1) is 0 Å². The van der Waals surface area contributed by atoms with Gasteiger partial charge in [0.2, 0.25) is 0 Å². The number of aliphatic hydroxyl groups excluding tert-OH is 1. The van der Waals surface area contributed by atoms with Gasteiger partial charge in [-0.05, 0) is 19.3 Å². The van der Waals surface area contributed by atoms with Crippen molar-refractivity contribution in [3.05, 3.63) is 24.8 Å². The third-order valence-electron chi connectivity index (χ3n) is 1.55. The molecule has 0 aromatic carbocycles. The summed E-state index contributed by atoms with van der Waals surface area (Å²) in [6.45, 7) is 5.01. The Morgan fingerprint density at radius 2 is 1.80 bits per heavy atom. The van der Waals surface area contributed by atoms with E-state index < -0.39 is 5.97 Å². The SMILES string of the molecule is C=CC=CCCCCCCO.CC(=O)O. The van der Waals surface area contributed by atoms with Gasteiger partial charge in [0.15, 0.2) is 0 Å². The molecule has 0 aliphatic carbocycles. The molecule has 0 atom stereocenters. The first-order valence-electron chi connectivity index (χ1n) is 5.23. The minimum absolute atomic E-state index is 0.336. The van der Waals surface area contributed by atoms with Crippen LogP contribution in [-0.4, -0.2) is 22.8 Å². The van der Waals surface area contributed by atoms with Crippen LogP contribution in [0.3, 0.4) is 0 Å². The number of rotatable bonds is 7. The minimum Gasteiger partial charge on any atom is -0.481 e. The highest BCUT2D eigenvalue weighted by molar-refractivity contribution is 5.62. The van der Waals surface area contributed by atoms with Crippen molar-refractivity contribution in [2.45, 2.75) is 39.0 Å². The first-order chi connectivity index (χ1) is 7.15. The Morgan fingerprint density at radius 3 is 2.27 bits per heavy atom. The van der Waals surface area contributed by atoms with Crippen molar-refractivity contribution in [3.8, 4) is 0 Å². The highest BCUT2D eigenvalue weighted by Gasteiger charge is 1.85. The molecule has 0 aliphatic heterocycles.